The van der Waals surface area contributed by atoms with Crippen LogP contribution in [0.5, 0.6) is 11.5 Å². The van der Waals surface area contributed by atoms with E-state index in [1.807, 2.05) is 18.7 Å². The van der Waals surface area contributed by atoms with Gasteiger partial charge < -0.3 is 19.7 Å². The molecule has 2 aliphatic rings. The first-order valence-corrected chi connectivity index (χ1v) is 8.73. The van der Waals surface area contributed by atoms with E-state index < -0.39 is 0 Å². The summed E-state index contributed by atoms with van der Waals surface area (Å²) in [6.07, 6.45) is 0. The smallest absolute Gasteiger partial charge is 0.251 e. The molecule has 0 aliphatic carbocycles. The van der Waals surface area contributed by atoms with E-state index in [0.717, 1.165) is 32.7 Å². The summed E-state index contributed by atoms with van der Waals surface area (Å²) in [5.74, 6) is 1.43. The summed E-state index contributed by atoms with van der Waals surface area (Å²) in [4.78, 5) is 28.4. The van der Waals surface area contributed by atoms with Crippen LogP contribution >= 0.6 is 0 Å². The monoisotopic (exact) mass is 347 g/mol. The van der Waals surface area contributed by atoms with E-state index in [2.05, 4.69) is 10.2 Å². The Morgan fingerprint density at radius 3 is 2.56 bits per heavy atom. The topological polar surface area (TPSA) is 71.1 Å². The van der Waals surface area contributed by atoms with Gasteiger partial charge in [-0.3, -0.25) is 14.5 Å². The van der Waals surface area contributed by atoms with Crippen molar-refractivity contribution in [3.63, 3.8) is 0 Å². The number of nitrogens with zero attached hydrogens (tertiary/aromatic N) is 2. The highest BCUT2D eigenvalue weighted by atomic mass is 16.7. The highest BCUT2D eigenvalue weighted by Gasteiger charge is 2.22. The lowest BCUT2D eigenvalue weighted by Gasteiger charge is -2.35. The molecule has 2 amide bonds. The molecule has 0 bridgehead atoms. The summed E-state index contributed by atoms with van der Waals surface area (Å²) in [6, 6.07) is 5.19. The van der Waals surface area contributed by atoms with Crippen LogP contribution in [0.1, 0.15) is 24.2 Å². The van der Waals surface area contributed by atoms with Crippen molar-refractivity contribution >= 4 is 11.8 Å². The molecule has 0 unspecified atom stereocenters. The van der Waals surface area contributed by atoms with Gasteiger partial charge in [-0.05, 0) is 18.2 Å². The first-order valence-electron chi connectivity index (χ1n) is 8.73. The zero-order chi connectivity index (χ0) is 17.8. The predicted octanol–water partition coefficient (Wildman–Crippen LogP) is 0.945. The molecule has 1 aromatic rings. The molecule has 0 radical (unpaired) electrons. The molecule has 0 saturated carbocycles. The summed E-state index contributed by atoms with van der Waals surface area (Å²) in [5.41, 5.74) is 0.566. The Hall–Kier alpha value is -2.28. The van der Waals surface area contributed by atoms with Crippen molar-refractivity contribution in [3.8, 4) is 11.5 Å². The average molecular weight is 347 g/mol. The van der Waals surface area contributed by atoms with Crippen molar-refractivity contribution in [2.24, 2.45) is 5.92 Å². The Labute approximate surface area is 147 Å². The maximum Gasteiger partial charge on any atom is 0.251 e. The van der Waals surface area contributed by atoms with Gasteiger partial charge in [0.25, 0.3) is 5.91 Å². The zero-order valence-electron chi connectivity index (χ0n) is 14.8. The van der Waals surface area contributed by atoms with E-state index in [1.165, 1.54) is 0 Å². The molecular weight excluding hydrogens is 322 g/mol. The summed E-state index contributed by atoms with van der Waals surface area (Å²) >= 11 is 0. The normalized spacial score (nSPS) is 17.0. The minimum atomic E-state index is -0.119. The SMILES string of the molecule is CC(C)C(=O)N1CCN(CCNC(=O)c2ccc3c(c2)OCO3)CC1. The largest absolute Gasteiger partial charge is 0.454 e. The summed E-state index contributed by atoms with van der Waals surface area (Å²) < 4.78 is 10.5. The van der Waals surface area contributed by atoms with Gasteiger partial charge >= 0.3 is 0 Å². The third-order valence-electron chi connectivity index (χ3n) is 4.53. The van der Waals surface area contributed by atoms with Crippen molar-refractivity contribution in [1.29, 1.82) is 0 Å². The van der Waals surface area contributed by atoms with Crippen molar-refractivity contribution in [2.45, 2.75) is 13.8 Å². The Balaban J connectivity index is 1.40. The van der Waals surface area contributed by atoms with Crippen LogP contribution in [0, 0.1) is 5.92 Å². The van der Waals surface area contributed by atoms with Gasteiger partial charge in [0.1, 0.15) is 0 Å². The molecular formula is C18H25N3O4. The second-order valence-corrected chi connectivity index (χ2v) is 6.65. The standard InChI is InChI=1S/C18H25N3O4/c1-13(2)18(23)21-9-7-20(8-10-21)6-5-19-17(22)14-3-4-15-16(11-14)25-12-24-15/h3-4,11,13H,5-10,12H2,1-2H3,(H,19,22). The van der Waals surface area contributed by atoms with Crippen LogP contribution in [0.25, 0.3) is 0 Å². The fraction of sp³-hybridized carbons (Fsp3) is 0.556. The van der Waals surface area contributed by atoms with E-state index in [0.29, 0.717) is 23.6 Å². The molecule has 1 aromatic carbocycles. The molecule has 7 nitrogen and oxygen atoms in total. The third-order valence-corrected chi connectivity index (χ3v) is 4.53. The fourth-order valence-corrected chi connectivity index (χ4v) is 3.02. The Morgan fingerprint density at radius 1 is 1.12 bits per heavy atom. The number of hydrogen-bond donors (Lipinski definition) is 1. The van der Waals surface area contributed by atoms with Crippen LogP contribution in [0.3, 0.4) is 0 Å². The third kappa shape index (κ3) is 4.22. The van der Waals surface area contributed by atoms with E-state index >= 15 is 0 Å². The summed E-state index contributed by atoms with van der Waals surface area (Å²) in [6.45, 7) is 8.62. The average Bonchev–Trinajstić information content (AvgIpc) is 3.09. The summed E-state index contributed by atoms with van der Waals surface area (Å²) in [5, 5.41) is 2.93. The van der Waals surface area contributed by atoms with Gasteiger partial charge in [-0.1, -0.05) is 13.8 Å². The maximum absolute atomic E-state index is 12.2. The van der Waals surface area contributed by atoms with Gasteiger partial charge in [-0.15, -0.1) is 0 Å². The highest BCUT2D eigenvalue weighted by Crippen LogP contribution is 2.32. The van der Waals surface area contributed by atoms with Gasteiger partial charge in [-0.2, -0.15) is 0 Å². The molecule has 0 spiro atoms. The van der Waals surface area contributed by atoms with Crippen molar-refractivity contribution < 1.29 is 19.1 Å². The molecule has 1 saturated heterocycles. The minimum absolute atomic E-state index is 0.0486. The van der Waals surface area contributed by atoms with Gasteiger partial charge in [0.05, 0.1) is 0 Å². The quantitative estimate of drug-likeness (QED) is 0.859. The number of hydrogen-bond acceptors (Lipinski definition) is 5. The predicted molar refractivity (Wildman–Crippen MR) is 92.8 cm³/mol. The molecule has 1 N–H and O–H groups in total. The van der Waals surface area contributed by atoms with E-state index in [-0.39, 0.29) is 24.5 Å². The molecule has 1 fully saturated rings. The van der Waals surface area contributed by atoms with Crippen LogP contribution < -0.4 is 14.8 Å². The van der Waals surface area contributed by atoms with Crippen LogP contribution in [-0.4, -0.2) is 67.7 Å². The molecule has 0 aromatic heterocycles. The fourth-order valence-electron chi connectivity index (χ4n) is 3.02. The molecule has 136 valence electrons. The molecule has 3 rings (SSSR count). The summed E-state index contributed by atoms with van der Waals surface area (Å²) in [7, 11) is 0. The lowest BCUT2D eigenvalue weighted by Crippen LogP contribution is -2.51. The number of amides is 2. The zero-order valence-corrected chi connectivity index (χ0v) is 14.8. The molecule has 25 heavy (non-hydrogen) atoms. The second-order valence-electron chi connectivity index (χ2n) is 6.65. The Morgan fingerprint density at radius 2 is 1.84 bits per heavy atom. The Kier molecular flexibility index (Phi) is 5.43. The molecule has 7 heteroatoms. The number of rotatable bonds is 5. The number of fused-ring (bicyclic) bond motifs is 1. The maximum atomic E-state index is 12.2. The lowest BCUT2D eigenvalue weighted by atomic mass is 10.1. The van der Waals surface area contributed by atoms with Gasteiger partial charge in [-0.25, -0.2) is 0 Å². The van der Waals surface area contributed by atoms with Crippen molar-refractivity contribution in [2.75, 3.05) is 46.1 Å². The van der Waals surface area contributed by atoms with Crippen molar-refractivity contribution in [1.82, 2.24) is 15.1 Å². The number of nitrogens with one attached hydrogen (secondary N) is 1. The highest BCUT2D eigenvalue weighted by molar-refractivity contribution is 5.94. The molecule has 2 aliphatic heterocycles. The Bertz CT molecular complexity index is 639. The van der Waals surface area contributed by atoms with Crippen LogP contribution in [0.15, 0.2) is 18.2 Å². The van der Waals surface area contributed by atoms with E-state index in [4.69, 9.17) is 9.47 Å². The van der Waals surface area contributed by atoms with Crippen LogP contribution in [-0.2, 0) is 4.79 Å². The van der Waals surface area contributed by atoms with E-state index in [9.17, 15) is 9.59 Å². The molecule has 0 atom stereocenters. The first kappa shape index (κ1) is 17.5. The number of benzene rings is 1. The van der Waals surface area contributed by atoms with Gasteiger partial charge in [0.2, 0.25) is 12.7 Å². The van der Waals surface area contributed by atoms with Crippen LogP contribution in [0.2, 0.25) is 0 Å². The molecule has 2 heterocycles. The number of carbonyl (C=O) groups excluding carboxylic acids is 2. The number of carbonyl (C=O) groups is 2. The second kappa shape index (κ2) is 7.74. The minimum Gasteiger partial charge on any atom is -0.454 e. The van der Waals surface area contributed by atoms with Gasteiger partial charge in [0.15, 0.2) is 11.5 Å². The van der Waals surface area contributed by atoms with E-state index in [1.54, 1.807) is 18.2 Å². The number of piperazine rings is 1. The van der Waals surface area contributed by atoms with Gasteiger partial charge in [0, 0.05) is 50.7 Å². The number of ether oxygens (including phenoxy) is 2. The van der Waals surface area contributed by atoms with Crippen LogP contribution in [0.4, 0.5) is 0 Å². The first-order chi connectivity index (χ1) is 12.0. The van der Waals surface area contributed by atoms with Crippen molar-refractivity contribution in [3.05, 3.63) is 23.8 Å². The lowest BCUT2D eigenvalue weighted by molar-refractivity contribution is -0.136.